The predicted octanol–water partition coefficient (Wildman–Crippen LogP) is 2.03. The van der Waals surface area contributed by atoms with Crippen molar-refractivity contribution in [2.24, 2.45) is 0 Å². The molecule has 0 atom stereocenters. The van der Waals surface area contributed by atoms with E-state index in [9.17, 15) is 0 Å². The molecule has 0 bridgehead atoms. The average Bonchev–Trinajstić information content (AvgIpc) is 1.81. The highest BCUT2D eigenvalue weighted by Crippen LogP contribution is 1.84. The lowest BCUT2D eigenvalue weighted by atomic mass is 10.3. The normalized spacial score (nSPS) is 8.88. The Bertz CT molecular complexity index is 117. The smallest absolute Gasteiger partial charge is 0.0663 e. The number of allylic oxidation sites excluding steroid dienone is 3. The van der Waals surface area contributed by atoms with Crippen molar-refractivity contribution in [1.82, 2.24) is 0 Å². The largest absolute Gasteiger partial charge is 0.198 e. The molecule has 0 saturated carbocycles. The summed E-state index contributed by atoms with van der Waals surface area (Å²) in [6.45, 7) is 3.52. The second-order valence-electron chi connectivity index (χ2n) is 1.36. The van der Waals surface area contributed by atoms with Gasteiger partial charge in [0.2, 0.25) is 0 Å². The quantitative estimate of drug-likeness (QED) is 0.506. The molecule has 0 fully saturated rings. The number of hydrogen-bond acceptors (Lipinski definition) is 1. The highest BCUT2D eigenvalue weighted by atomic mass is 14.2. The van der Waals surface area contributed by atoms with Crippen molar-refractivity contribution in [3.8, 4) is 6.07 Å². The first-order valence-electron chi connectivity index (χ1n) is 2.54. The molecule has 0 aromatic heterocycles. The van der Waals surface area contributed by atoms with Crippen molar-refractivity contribution in [3.05, 3.63) is 24.8 Å². The topological polar surface area (TPSA) is 23.8 Å². The van der Waals surface area contributed by atoms with E-state index in [0.29, 0.717) is 6.42 Å². The summed E-state index contributed by atoms with van der Waals surface area (Å²) >= 11 is 0. The molecule has 1 nitrogen and oxygen atoms in total. The van der Waals surface area contributed by atoms with E-state index in [1.807, 2.05) is 18.2 Å². The summed E-state index contributed by atoms with van der Waals surface area (Å²) in [5, 5.41) is 8.04. The maximum atomic E-state index is 8.04. The van der Waals surface area contributed by atoms with Gasteiger partial charge in [0.1, 0.15) is 0 Å². The molecule has 42 valence electrons. The lowest BCUT2D eigenvalue weighted by Gasteiger charge is -1.74. The Balaban J connectivity index is 3.10. The van der Waals surface area contributed by atoms with Crippen molar-refractivity contribution in [1.29, 1.82) is 5.26 Å². The van der Waals surface area contributed by atoms with Crippen molar-refractivity contribution < 1.29 is 0 Å². The summed E-state index contributed by atoms with van der Waals surface area (Å²) in [5.41, 5.74) is 0. The average molecular weight is 107 g/mol. The first-order chi connectivity index (χ1) is 3.91. The van der Waals surface area contributed by atoms with Crippen molar-refractivity contribution in [2.45, 2.75) is 12.8 Å². The van der Waals surface area contributed by atoms with Gasteiger partial charge in [-0.15, -0.1) is 6.58 Å². The van der Waals surface area contributed by atoms with E-state index >= 15 is 0 Å². The third-order valence-corrected chi connectivity index (χ3v) is 0.679. The van der Waals surface area contributed by atoms with Crippen LogP contribution in [0.2, 0.25) is 0 Å². The third-order valence-electron chi connectivity index (χ3n) is 0.679. The fourth-order valence-corrected chi connectivity index (χ4v) is 0.328. The van der Waals surface area contributed by atoms with E-state index in [4.69, 9.17) is 5.26 Å². The molecule has 0 N–H and O–H groups in total. The van der Waals surface area contributed by atoms with Gasteiger partial charge >= 0.3 is 0 Å². The molecule has 0 aliphatic heterocycles. The van der Waals surface area contributed by atoms with Crippen LogP contribution in [0.3, 0.4) is 0 Å². The number of hydrogen-bond donors (Lipinski definition) is 0. The van der Waals surface area contributed by atoms with Crippen LogP contribution in [0.1, 0.15) is 12.8 Å². The van der Waals surface area contributed by atoms with Crippen LogP contribution in [0.5, 0.6) is 0 Å². The minimum atomic E-state index is 0.508. The van der Waals surface area contributed by atoms with E-state index in [2.05, 4.69) is 6.58 Å². The molecular weight excluding hydrogens is 98.1 g/mol. The van der Waals surface area contributed by atoms with Crippen LogP contribution in [0.25, 0.3) is 0 Å². The SMILES string of the molecule is C=CCC=CCC#N. The van der Waals surface area contributed by atoms with Gasteiger partial charge < -0.3 is 0 Å². The van der Waals surface area contributed by atoms with E-state index in [1.54, 1.807) is 6.08 Å². The van der Waals surface area contributed by atoms with Crippen molar-refractivity contribution >= 4 is 0 Å². The molecule has 0 aromatic carbocycles. The van der Waals surface area contributed by atoms with Crippen LogP contribution < -0.4 is 0 Å². The van der Waals surface area contributed by atoms with Crippen LogP contribution in [0.15, 0.2) is 24.8 Å². The number of nitriles is 1. The van der Waals surface area contributed by atoms with E-state index < -0.39 is 0 Å². The van der Waals surface area contributed by atoms with Crippen LogP contribution >= 0.6 is 0 Å². The summed E-state index contributed by atoms with van der Waals surface area (Å²) in [4.78, 5) is 0. The Morgan fingerprint density at radius 2 is 2.25 bits per heavy atom. The first kappa shape index (κ1) is 6.97. The van der Waals surface area contributed by atoms with Crippen LogP contribution in [-0.2, 0) is 0 Å². The minimum Gasteiger partial charge on any atom is -0.198 e. The number of nitrogens with zero attached hydrogens (tertiary/aromatic N) is 1. The molecule has 0 amide bonds. The van der Waals surface area contributed by atoms with Gasteiger partial charge in [-0.2, -0.15) is 5.26 Å². The second kappa shape index (κ2) is 5.97. The molecule has 0 radical (unpaired) electrons. The molecular formula is C7H9N. The summed E-state index contributed by atoms with van der Waals surface area (Å²) in [7, 11) is 0. The highest BCUT2D eigenvalue weighted by molar-refractivity contribution is 4.93. The van der Waals surface area contributed by atoms with Crippen LogP contribution in [0.4, 0.5) is 0 Å². The van der Waals surface area contributed by atoms with Gasteiger partial charge in [0, 0.05) is 0 Å². The third kappa shape index (κ3) is 4.97. The summed E-state index contributed by atoms with van der Waals surface area (Å²) in [6, 6.07) is 2.01. The zero-order chi connectivity index (χ0) is 6.24. The fraction of sp³-hybridized carbons (Fsp3) is 0.286. The molecule has 1 heteroatoms. The first-order valence-corrected chi connectivity index (χ1v) is 2.54. The van der Waals surface area contributed by atoms with Crippen LogP contribution in [-0.4, -0.2) is 0 Å². The zero-order valence-electron chi connectivity index (χ0n) is 4.80. The van der Waals surface area contributed by atoms with E-state index in [1.165, 1.54) is 0 Å². The molecule has 0 heterocycles. The monoisotopic (exact) mass is 107 g/mol. The zero-order valence-corrected chi connectivity index (χ0v) is 4.80. The second-order valence-corrected chi connectivity index (χ2v) is 1.36. The van der Waals surface area contributed by atoms with Gasteiger partial charge in [0.25, 0.3) is 0 Å². The van der Waals surface area contributed by atoms with E-state index in [0.717, 1.165) is 6.42 Å². The molecule has 0 aromatic rings. The van der Waals surface area contributed by atoms with Gasteiger partial charge in [-0.05, 0) is 6.42 Å². The maximum absolute atomic E-state index is 8.04. The standard InChI is InChI=1S/C7H9N/c1-2-3-4-5-6-7-8/h2,4-5H,1,3,6H2. The summed E-state index contributed by atoms with van der Waals surface area (Å²) < 4.78 is 0. The molecule has 0 unspecified atom stereocenters. The number of rotatable bonds is 3. The van der Waals surface area contributed by atoms with Gasteiger partial charge in [-0.25, -0.2) is 0 Å². The Hall–Kier alpha value is -1.03. The minimum absolute atomic E-state index is 0.508. The fourth-order valence-electron chi connectivity index (χ4n) is 0.328. The Kier molecular flexibility index (Phi) is 5.20. The van der Waals surface area contributed by atoms with E-state index in [-0.39, 0.29) is 0 Å². The van der Waals surface area contributed by atoms with Crippen molar-refractivity contribution in [2.75, 3.05) is 0 Å². The summed E-state index contributed by atoms with van der Waals surface area (Å²) in [6.07, 6.45) is 6.93. The Morgan fingerprint density at radius 1 is 1.50 bits per heavy atom. The molecule has 0 aliphatic carbocycles. The molecule has 0 spiro atoms. The van der Waals surface area contributed by atoms with Crippen LogP contribution in [0, 0.1) is 11.3 Å². The van der Waals surface area contributed by atoms with Gasteiger partial charge in [-0.3, -0.25) is 0 Å². The van der Waals surface area contributed by atoms with Gasteiger partial charge in [0.15, 0.2) is 0 Å². The molecule has 0 rings (SSSR count). The van der Waals surface area contributed by atoms with Gasteiger partial charge in [-0.1, -0.05) is 18.2 Å². The molecule has 8 heavy (non-hydrogen) atoms. The maximum Gasteiger partial charge on any atom is 0.0663 e. The van der Waals surface area contributed by atoms with Crippen molar-refractivity contribution in [3.63, 3.8) is 0 Å². The summed E-state index contributed by atoms with van der Waals surface area (Å²) in [5.74, 6) is 0. The highest BCUT2D eigenvalue weighted by Gasteiger charge is 1.67. The predicted molar refractivity (Wildman–Crippen MR) is 34.2 cm³/mol. The lowest BCUT2D eigenvalue weighted by molar-refractivity contribution is 1.30. The Morgan fingerprint density at radius 3 is 2.75 bits per heavy atom. The lowest BCUT2D eigenvalue weighted by Crippen LogP contribution is -1.56. The molecule has 0 saturated heterocycles. The Labute approximate surface area is 49.9 Å². The molecule has 0 aliphatic rings. The van der Waals surface area contributed by atoms with Gasteiger partial charge in [0.05, 0.1) is 12.5 Å².